The van der Waals surface area contributed by atoms with Crippen LogP contribution < -0.4 is 15.2 Å². The van der Waals surface area contributed by atoms with E-state index in [-0.39, 0.29) is 5.91 Å². The van der Waals surface area contributed by atoms with Crippen molar-refractivity contribution in [2.24, 2.45) is 5.73 Å². The van der Waals surface area contributed by atoms with Gasteiger partial charge in [-0.1, -0.05) is 17.7 Å². The molecule has 30 heavy (non-hydrogen) atoms. The lowest BCUT2D eigenvalue weighted by Gasteiger charge is -2.18. The molecule has 0 aliphatic heterocycles. The van der Waals surface area contributed by atoms with E-state index >= 15 is 0 Å². The molecule has 2 amide bonds. The first-order chi connectivity index (χ1) is 14.4. The molecule has 0 saturated heterocycles. The summed E-state index contributed by atoms with van der Waals surface area (Å²) in [7, 11) is 1.72. The normalized spacial score (nSPS) is 10.3. The first kappa shape index (κ1) is 21.2. The van der Waals surface area contributed by atoms with Gasteiger partial charge in [-0.05, 0) is 66.7 Å². The third-order valence-electron chi connectivity index (χ3n) is 4.31. The SMILES string of the molecule is CN(CCOc1cccc(Cl)c1)C(=O)c1ccc(Oc2ccc(C(N)=O)cc2)cc1. The minimum absolute atomic E-state index is 0.123. The van der Waals surface area contributed by atoms with Crippen LogP contribution in [0, 0.1) is 0 Å². The highest BCUT2D eigenvalue weighted by Crippen LogP contribution is 2.22. The molecule has 0 saturated carbocycles. The van der Waals surface area contributed by atoms with Crippen molar-refractivity contribution in [2.75, 3.05) is 20.2 Å². The summed E-state index contributed by atoms with van der Waals surface area (Å²) in [6, 6.07) is 20.4. The monoisotopic (exact) mass is 424 g/mol. The molecule has 0 aliphatic carbocycles. The summed E-state index contributed by atoms with van der Waals surface area (Å²) < 4.78 is 11.3. The van der Waals surface area contributed by atoms with Gasteiger partial charge in [0.05, 0.1) is 6.54 Å². The minimum Gasteiger partial charge on any atom is -0.492 e. The number of benzene rings is 3. The van der Waals surface area contributed by atoms with Gasteiger partial charge in [0.15, 0.2) is 0 Å². The third kappa shape index (κ3) is 5.75. The lowest BCUT2D eigenvalue weighted by atomic mass is 10.2. The standard InChI is InChI=1S/C23H21ClN2O4/c1-26(13-14-29-21-4-2-3-18(24)15-21)23(28)17-7-11-20(12-8-17)30-19-9-5-16(6-10-19)22(25)27/h2-12,15H,13-14H2,1H3,(H2,25,27). The van der Waals surface area contributed by atoms with E-state index in [1.54, 1.807) is 72.6 Å². The summed E-state index contributed by atoms with van der Waals surface area (Å²) in [6.07, 6.45) is 0. The van der Waals surface area contributed by atoms with Gasteiger partial charge in [-0.25, -0.2) is 0 Å². The van der Waals surface area contributed by atoms with Crippen LogP contribution in [0.15, 0.2) is 72.8 Å². The lowest BCUT2D eigenvalue weighted by molar-refractivity contribution is 0.0773. The van der Waals surface area contributed by atoms with E-state index in [1.807, 2.05) is 12.1 Å². The van der Waals surface area contributed by atoms with Gasteiger partial charge in [0.1, 0.15) is 23.9 Å². The number of primary amides is 1. The molecule has 0 heterocycles. The number of halogens is 1. The highest BCUT2D eigenvalue weighted by molar-refractivity contribution is 6.30. The van der Waals surface area contributed by atoms with E-state index < -0.39 is 5.91 Å². The molecule has 0 aliphatic rings. The van der Waals surface area contributed by atoms with Crippen LogP contribution in [0.1, 0.15) is 20.7 Å². The number of ether oxygens (including phenoxy) is 2. The second-order valence-electron chi connectivity index (χ2n) is 6.55. The van der Waals surface area contributed by atoms with Crippen LogP contribution in [-0.4, -0.2) is 36.9 Å². The van der Waals surface area contributed by atoms with Gasteiger partial charge < -0.3 is 20.1 Å². The van der Waals surface area contributed by atoms with Gasteiger partial charge in [0.2, 0.25) is 5.91 Å². The molecule has 6 nitrogen and oxygen atoms in total. The maximum absolute atomic E-state index is 12.6. The Bertz CT molecular complexity index is 1020. The zero-order valence-electron chi connectivity index (χ0n) is 16.4. The molecule has 3 aromatic carbocycles. The van der Waals surface area contributed by atoms with Crippen LogP contribution >= 0.6 is 11.6 Å². The van der Waals surface area contributed by atoms with E-state index in [0.717, 1.165) is 0 Å². The van der Waals surface area contributed by atoms with Crippen molar-refractivity contribution < 1.29 is 19.1 Å². The number of nitrogens with zero attached hydrogens (tertiary/aromatic N) is 1. The molecule has 0 atom stereocenters. The van der Waals surface area contributed by atoms with Crippen molar-refractivity contribution >= 4 is 23.4 Å². The Morgan fingerprint density at radius 2 is 1.50 bits per heavy atom. The zero-order chi connectivity index (χ0) is 21.5. The minimum atomic E-state index is -0.494. The van der Waals surface area contributed by atoms with Crippen LogP contribution in [-0.2, 0) is 0 Å². The fourth-order valence-corrected chi connectivity index (χ4v) is 2.85. The second kappa shape index (κ2) is 9.80. The van der Waals surface area contributed by atoms with E-state index in [2.05, 4.69) is 0 Å². The lowest BCUT2D eigenvalue weighted by Crippen LogP contribution is -2.30. The zero-order valence-corrected chi connectivity index (χ0v) is 17.1. The number of rotatable bonds is 8. The fourth-order valence-electron chi connectivity index (χ4n) is 2.67. The molecule has 0 aromatic heterocycles. The number of likely N-dealkylation sites (N-methyl/N-ethyl adjacent to an activating group) is 1. The van der Waals surface area contributed by atoms with Crippen molar-refractivity contribution in [3.63, 3.8) is 0 Å². The molecule has 0 unspecified atom stereocenters. The van der Waals surface area contributed by atoms with E-state index in [1.165, 1.54) is 0 Å². The van der Waals surface area contributed by atoms with E-state index in [4.69, 9.17) is 26.8 Å². The quantitative estimate of drug-likeness (QED) is 0.581. The van der Waals surface area contributed by atoms with Crippen LogP contribution in [0.2, 0.25) is 5.02 Å². The van der Waals surface area contributed by atoms with Gasteiger partial charge in [0.25, 0.3) is 5.91 Å². The maximum Gasteiger partial charge on any atom is 0.253 e. The average Bonchev–Trinajstić information content (AvgIpc) is 2.74. The molecular weight excluding hydrogens is 404 g/mol. The Morgan fingerprint density at radius 1 is 0.900 bits per heavy atom. The van der Waals surface area contributed by atoms with Crippen molar-refractivity contribution in [1.29, 1.82) is 0 Å². The number of carbonyl (C=O) groups excluding carboxylic acids is 2. The van der Waals surface area contributed by atoms with Crippen molar-refractivity contribution in [3.8, 4) is 17.2 Å². The summed E-state index contributed by atoms with van der Waals surface area (Å²) in [6.45, 7) is 0.779. The Labute approximate surface area is 179 Å². The molecule has 154 valence electrons. The smallest absolute Gasteiger partial charge is 0.253 e. The third-order valence-corrected chi connectivity index (χ3v) is 4.55. The first-order valence-corrected chi connectivity index (χ1v) is 9.62. The number of amides is 2. The van der Waals surface area contributed by atoms with Gasteiger partial charge in [-0.3, -0.25) is 9.59 Å². The fraction of sp³-hybridized carbons (Fsp3) is 0.130. The van der Waals surface area contributed by atoms with Crippen molar-refractivity contribution in [3.05, 3.63) is 88.9 Å². The predicted octanol–water partition coefficient (Wildman–Crippen LogP) is 4.38. The number of nitrogens with two attached hydrogens (primary N) is 1. The Kier molecular flexibility index (Phi) is 6.93. The molecule has 0 bridgehead atoms. The van der Waals surface area contributed by atoms with Gasteiger partial charge in [0, 0.05) is 23.2 Å². The number of hydrogen-bond acceptors (Lipinski definition) is 4. The summed E-state index contributed by atoms with van der Waals surface area (Å²) in [5.41, 5.74) is 6.17. The maximum atomic E-state index is 12.6. The molecular formula is C23H21ClN2O4. The molecule has 0 spiro atoms. The van der Waals surface area contributed by atoms with Crippen LogP contribution in [0.3, 0.4) is 0 Å². The molecule has 2 N–H and O–H groups in total. The average molecular weight is 425 g/mol. The summed E-state index contributed by atoms with van der Waals surface area (Å²) >= 11 is 5.93. The highest BCUT2D eigenvalue weighted by atomic mass is 35.5. The summed E-state index contributed by atoms with van der Waals surface area (Å²) in [4.78, 5) is 25.3. The largest absolute Gasteiger partial charge is 0.492 e. The highest BCUT2D eigenvalue weighted by Gasteiger charge is 2.12. The topological polar surface area (TPSA) is 81.9 Å². The molecule has 0 fully saturated rings. The van der Waals surface area contributed by atoms with Gasteiger partial charge >= 0.3 is 0 Å². The van der Waals surface area contributed by atoms with Crippen molar-refractivity contribution in [1.82, 2.24) is 4.90 Å². The van der Waals surface area contributed by atoms with Crippen LogP contribution in [0.25, 0.3) is 0 Å². The van der Waals surface area contributed by atoms with E-state index in [9.17, 15) is 9.59 Å². The predicted molar refractivity (Wildman–Crippen MR) is 115 cm³/mol. The molecule has 3 rings (SSSR count). The Hall–Kier alpha value is -3.51. The summed E-state index contributed by atoms with van der Waals surface area (Å²) in [5, 5.41) is 0.600. The van der Waals surface area contributed by atoms with Crippen molar-refractivity contribution in [2.45, 2.75) is 0 Å². The molecule has 3 aromatic rings. The summed E-state index contributed by atoms with van der Waals surface area (Å²) in [5.74, 6) is 1.18. The van der Waals surface area contributed by atoms with Gasteiger partial charge in [-0.2, -0.15) is 0 Å². The first-order valence-electron chi connectivity index (χ1n) is 9.24. The van der Waals surface area contributed by atoms with Crippen LogP contribution in [0.5, 0.6) is 17.2 Å². The van der Waals surface area contributed by atoms with Crippen LogP contribution in [0.4, 0.5) is 0 Å². The Balaban J connectivity index is 1.52. The second-order valence-corrected chi connectivity index (χ2v) is 6.98. The number of hydrogen-bond donors (Lipinski definition) is 1. The Morgan fingerprint density at radius 3 is 2.07 bits per heavy atom. The molecule has 7 heteroatoms. The van der Waals surface area contributed by atoms with E-state index in [0.29, 0.717) is 46.5 Å². The number of carbonyl (C=O) groups is 2. The van der Waals surface area contributed by atoms with Gasteiger partial charge in [-0.15, -0.1) is 0 Å². The molecule has 0 radical (unpaired) electrons.